The monoisotopic (exact) mass is 229 g/mol. The molecule has 0 heterocycles. The van der Waals surface area contributed by atoms with Gasteiger partial charge in [-0.3, -0.25) is 0 Å². The topological polar surface area (TPSA) is 0 Å². The maximum atomic E-state index is 11.2. The molecule has 1 aliphatic rings. The van der Waals surface area contributed by atoms with E-state index in [0.717, 1.165) is 0 Å². The molecule has 0 aliphatic heterocycles. The minimum Gasteiger partial charge on any atom is -0.241 e. The van der Waals surface area contributed by atoms with Gasteiger partial charge in [0.05, 0.1) is 6.42 Å². The van der Waals surface area contributed by atoms with E-state index < -0.39 is 25.2 Å². The Morgan fingerprint density at radius 3 is 1.40 bits per heavy atom. The molecule has 61 valence electrons. The zero-order valence-electron chi connectivity index (χ0n) is 4.55. The molecule has 7 heteroatoms. The first-order valence-electron chi connectivity index (χ1n) is 2.21. The van der Waals surface area contributed by atoms with Crippen LogP contribution in [0.25, 0.3) is 0 Å². The second-order valence-electron chi connectivity index (χ2n) is 1.65. The lowest BCUT2D eigenvalue weighted by molar-refractivity contribution is 0.0870. The van der Waals surface area contributed by atoms with Crippen molar-refractivity contribution in [2.24, 2.45) is 0 Å². The number of halogens is 6. The SMILES string of the molecule is Cl[Si](Cl)Cl.FC1CC1(F)F. The van der Waals surface area contributed by atoms with E-state index in [1.807, 2.05) is 0 Å². The van der Waals surface area contributed by atoms with Crippen molar-refractivity contribution in [3.8, 4) is 0 Å². The van der Waals surface area contributed by atoms with Crippen molar-refractivity contribution in [3.05, 3.63) is 0 Å². The number of hydrogen-bond acceptors (Lipinski definition) is 0. The highest BCUT2D eigenvalue weighted by Gasteiger charge is 2.58. The average Bonchev–Trinajstić information content (AvgIpc) is 2.08. The lowest BCUT2D eigenvalue weighted by atomic mass is 10.8. The van der Waals surface area contributed by atoms with Gasteiger partial charge in [0, 0.05) is 0 Å². The van der Waals surface area contributed by atoms with Crippen LogP contribution in [0.3, 0.4) is 0 Å². The van der Waals surface area contributed by atoms with Crippen LogP contribution < -0.4 is 0 Å². The molecule has 1 fully saturated rings. The van der Waals surface area contributed by atoms with Gasteiger partial charge in [-0.25, -0.2) is 13.2 Å². The van der Waals surface area contributed by atoms with E-state index in [1.54, 1.807) is 0 Å². The largest absolute Gasteiger partial charge is 0.376 e. The third-order valence-electron chi connectivity index (χ3n) is 0.750. The Morgan fingerprint density at radius 1 is 1.30 bits per heavy atom. The molecule has 0 aromatic heterocycles. The quantitative estimate of drug-likeness (QED) is 0.443. The van der Waals surface area contributed by atoms with E-state index in [0.29, 0.717) is 0 Å². The molecule has 1 aliphatic carbocycles. The molecule has 0 saturated heterocycles. The molecule has 0 aromatic rings. The molecule has 1 unspecified atom stereocenters. The molecule has 1 radical (unpaired) electrons. The van der Waals surface area contributed by atoms with Crippen LogP contribution >= 0.6 is 33.2 Å². The van der Waals surface area contributed by atoms with Crippen LogP contribution in [-0.2, 0) is 0 Å². The van der Waals surface area contributed by atoms with Gasteiger partial charge in [0.25, 0.3) is 5.92 Å². The van der Waals surface area contributed by atoms with Gasteiger partial charge in [-0.05, 0) is 0 Å². The van der Waals surface area contributed by atoms with Gasteiger partial charge in [-0.15, -0.1) is 33.2 Å². The lowest BCUT2D eigenvalue weighted by Crippen LogP contribution is -1.90. The van der Waals surface area contributed by atoms with E-state index in [-0.39, 0.29) is 0 Å². The predicted octanol–water partition coefficient (Wildman–Crippen LogP) is 3.05. The Bertz CT molecular complexity index is 106. The zero-order valence-corrected chi connectivity index (χ0v) is 7.82. The third-order valence-corrected chi connectivity index (χ3v) is 0.750. The fourth-order valence-electron chi connectivity index (χ4n) is 0.180. The summed E-state index contributed by atoms with van der Waals surface area (Å²) in [5.74, 6) is -2.96. The summed E-state index contributed by atoms with van der Waals surface area (Å²) < 4.78 is 33.4. The fraction of sp³-hybridized carbons (Fsp3) is 1.00. The van der Waals surface area contributed by atoms with Crippen molar-refractivity contribution < 1.29 is 13.2 Å². The second kappa shape index (κ2) is 4.04. The van der Waals surface area contributed by atoms with Crippen molar-refractivity contribution in [2.75, 3.05) is 0 Å². The number of alkyl halides is 3. The summed E-state index contributed by atoms with van der Waals surface area (Å²) in [5, 5.41) is 0. The Morgan fingerprint density at radius 2 is 1.40 bits per heavy atom. The Hall–Kier alpha value is 0.877. The van der Waals surface area contributed by atoms with E-state index in [9.17, 15) is 13.2 Å². The molecule has 1 saturated carbocycles. The van der Waals surface area contributed by atoms with Gasteiger partial charge in [0.15, 0.2) is 6.17 Å². The molecular formula is C3H3Cl3F3Si. The molecule has 0 amide bonds. The molecule has 0 nitrogen and oxygen atoms in total. The van der Waals surface area contributed by atoms with E-state index in [1.165, 1.54) is 0 Å². The summed E-state index contributed by atoms with van der Waals surface area (Å²) in [5.41, 5.74) is 0. The molecule has 0 N–H and O–H groups in total. The van der Waals surface area contributed by atoms with Crippen LogP contribution in [0.5, 0.6) is 0 Å². The van der Waals surface area contributed by atoms with Gasteiger partial charge >= 0.3 is 6.73 Å². The standard InChI is InChI=1S/C3H3F3.Cl3Si/c4-2-1-3(2,5)6;1-4(2)3/h2H,1H2;. The Kier molecular flexibility index (Phi) is 4.40. The second-order valence-corrected chi connectivity index (χ2v) is 7.22. The van der Waals surface area contributed by atoms with Crippen LogP contribution in [-0.4, -0.2) is 18.8 Å². The highest BCUT2D eigenvalue weighted by atomic mass is 35.8. The summed E-state index contributed by atoms with van der Waals surface area (Å²) >= 11 is 14.7. The van der Waals surface area contributed by atoms with Gasteiger partial charge in [0.1, 0.15) is 0 Å². The molecule has 1 rings (SSSR count). The zero-order chi connectivity index (χ0) is 8.36. The van der Waals surface area contributed by atoms with E-state index >= 15 is 0 Å². The summed E-state index contributed by atoms with van der Waals surface area (Å²) in [6, 6.07) is 0. The minimum absolute atomic E-state index is 0.562. The highest BCUT2D eigenvalue weighted by molar-refractivity contribution is 7.54. The summed E-state index contributed by atoms with van der Waals surface area (Å²) in [7, 11) is 0. The first-order chi connectivity index (χ1) is 4.36. The fourth-order valence-corrected chi connectivity index (χ4v) is 0.180. The number of rotatable bonds is 0. The first-order valence-corrected chi connectivity index (χ1v) is 6.75. The maximum absolute atomic E-state index is 11.2. The molecule has 0 spiro atoms. The van der Waals surface area contributed by atoms with Crippen LogP contribution in [0.15, 0.2) is 0 Å². The van der Waals surface area contributed by atoms with Crippen LogP contribution in [0.2, 0.25) is 0 Å². The molecule has 1 atom stereocenters. The third kappa shape index (κ3) is 5.65. The van der Waals surface area contributed by atoms with Gasteiger partial charge < -0.3 is 0 Å². The summed E-state index contributed by atoms with van der Waals surface area (Å²) in [6.45, 7) is -1.46. The van der Waals surface area contributed by atoms with Gasteiger partial charge in [-0.2, -0.15) is 0 Å². The van der Waals surface area contributed by atoms with Gasteiger partial charge in [-0.1, -0.05) is 0 Å². The first kappa shape index (κ1) is 10.9. The lowest BCUT2D eigenvalue weighted by Gasteiger charge is -1.79. The average molecular weight is 230 g/mol. The van der Waals surface area contributed by atoms with Crippen molar-refractivity contribution in [2.45, 2.75) is 18.5 Å². The van der Waals surface area contributed by atoms with Crippen molar-refractivity contribution in [3.63, 3.8) is 0 Å². The molecule has 0 aromatic carbocycles. The van der Waals surface area contributed by atoms with Crippen LogP contribution in [0.1, 0.15) is 6.42 Å². The van der Waals surface area contributed by atoms with Crippen LogP contribution in [0.4, 0.5) is 13.2 Å². The normalized spacial score (nSPS) is 27.3. The molecule has 10 heavy (non-hydrogen) atoms. The van der Waals surface area contributed by atoms with Crippen molar-refractivity contribution in [1.82, 2.24) is 0 Å². The Labute approximate surface area is 72.0 Å². The molecule has 0 bridgehead atoms. The maximum Gasteiger partial charge on any atom is 0.376 e. The van der Waals surface area contributed by atoms with Gasteiger partial charge in [0.2, 0.25) is 0 Å². The number of hydrogen-bond donors (Lipinski definition) is 0. The van der Waals surface area contributed by atoms with Crippen molar-refractivity contribution >= 4 is 40.0 Å². The summed E-state index contributed by atoms with van der Waals surface area (Å²) in [4.78, 5) is 0. The van der Waals surface area contributed by atoms with E-state index in [2.05, 4.69) is 0 Å². The van der Waals surface area contributed by atoms with Crippen LogP contribution in [0, 0.1) is 0 Å². The molecular weight excluding hydrogens is 227 g/mol. The smallest absolute Gasteiger partial charge is 0.241 e. The Balaban J connectivity index is 0.000000180. The van der Waals surface area contributed by atoms with Crippen molar-refractivity contribution in [1.29, 1.82) is 0 Å². The summed E-state index contributed by atoms with van der Waals surface area (Å²) in [6.07, 6.45) is -2.40. The van der Waals surface area contributed by atoms with E-state index in [4.69, 9.17) is 33.2 Å². The predicted molar refractivity (Wildman–Crippen MR) is 37.8 cm³/mol. The highest BCUT2D eigenvalue weighted by Crippen LogP contribution is 2.44. The minimum atomic E-state index is -2.96.